The van der Waals surface area contributed by atoms with E-state index in [1.165, 1.54) is 69.2 Å². The maximum Gasteiger partial charge on any atom is 0.143 e. The number of hydrogen-bond donors (Lipinski definition) is 0. The molecule has 1 nitrogen and oxygen atoms in total. The number of aryl methyl sites for hydroxylation is 1. The highest BCUT2D eigenvalue weighted by atomic mass is 32.1. The van der Waals surface area contributed by atoms with Crippen molar-refractivity contribution in [2.75, 3.05) is 0 Å². The van der Waals surface area contributed by atoms with E-state index in [1.54, 1.807) is 0 Å². The zero-order chi connectivity index (χ0) is 23.1. The molecule has 6 aromatic carbocycles. The summed E-state index contributed by atoms with van der Waals surface area (Å²) in [4.78, 5) is 0. The molecule has 0 saturated heterocycles. The zero-order valence-electron chi connectivity index (χ0n) is 19.1. The minimum Gasteiger partial charge on any atom is -0.455 e. The van der Waals surface area contributed by atoms with Crippen LogP contribution in [0, 0.1) is 6.92 Å². The van der Waals surface area contributed by atoms with E-state index in [0.29, 0.717) is 0 Å². The molecule has 0 bridgehead atoms. The van der Waals surface area contributed by atoms with Gasteiger partial charge in [0.1, 0.15) is 11.2 Å². The highest BCUT2D eigenvalue weighted by molar-refractivity contribution is 7.26. The Kier molecular flexibility index (Phi) is 3.81. The Morgan fingerprint density at radius 1 is 0.543 bits per heavy atom. The van der Waals surface area contributed by atoms with E-state index < -0.39 is 0 Å². The van der Waals surface area contributed by atoms with Crippen LogP contribution in [0.25, 0.3) is 74.8 Å². The zero-order valence-corrected chi connectivity index (χ0v) is 19.9. The molecule has 0 radical (unpaired) electrons. The number of hydrogen-bond acceptors (Lipinski definition) is 2. The van der Waals surface area contributed by atoms with Crippen molar-refractivity contribution in [2.45, 2.75) is 6.92 Å². The van der Waals surface area contributed by atoms with Gasteiger partial charge in [-0.05, 0) is 65.2 Å². The molecule has 0 N–H and O–H groups in total. The van der Waals surface area contributed by atoms with Gasteiger partial charge in [-0.2, -0.15) is 0 Å². The van der Waals surface area contributed by atoms with E-state index >= 15 is 0 Å². The summed E-state index contributed by atoms with van der Waals surface area (Å²) < 4.78 is 9.22. The van der Waals surface area contributed by atoms with Crippen molar-refractivity contribution in [1.82, 2.24) is 0 Å². The van der Waals surface area contributed by atoms with Crippen LogP contribution in [-0.4, -0.2) is 0 Å². The van der Waals surface area contributed by atoms with Gasteiger partial charge in [-0.15, -0.1) is 11.3 Å². The molecule has 0 aliphatic carbocycles. The van der Waals surface area contributed by atoms with Gasteiger partial charge in [-0.25, -0.2) is 0 Å². The van der Waals surface area contributed by atoms with Crippen molar-refractivity contribution in [1.29, 1.82) is 0 Å². The first kappa shape index (κ1) is 19.2. The van der Waals surface area contributed by atoms with Crippen molar-refractivity contribution in [3.63, 3.8) is 0 Å². The summed E-state index contributed by atoms with van der Waals surface area (Å²) in [6, 6.07) is 37.6. The average molecular weight is 465 g/mol. The molecule has 0 aliphatic rings. The lowest BCUT2D eigenvalue weighted by molar-refractivity contribution is 0.673. The minimum atomic E-state index is 0.936. The standard InChI is InChI=1S/C33H20OS/c1-19-6-7-21-17-22(9-8-20(21)16-19)23-10-11-24-26-12-15-29-27(32(26)34-30(24)18-23)13-14-28-25-4-2-3-5-31(25)35-33(28)29/h2-18H,1H3. The van der Waals surface area contributed by atoms with Gasteiger partial charge in [-0.1, -0.05) is 72.3 Å². The van der Waals surface area contributed by atoms with Gasteiger partial charge in [0.2, 0.25) is 0 Å². The normalized spacial score (nSPS) is 12.1. The fraction of sp³-hybridized carbons (Fsp3) is 0.0303. The van der Waals surface area contributed by atoms with Gasteiger partial charge in [0.25, 0.3) is 0 Å². The van der Waals surface area contributed by atoms with Crippen LogP contribution in [0.15, 0.2) is 108 Å². The fourth-order valence-electron chi connectivity index (χ4n) is 5.55. The Balaban J connectivity index is 1.35. The van der Waals surface area contributed by atoms with E-state index in [9.17, 15) is 0 Å². The van der Waals surface area contributed by atoms with Gasteiger partial charge in [0.05, 0.1) is 0 Å². The molecule has 0 atom stereocenters. The molecule has 0 unspecified atom stereocenters. The second-order valence-electron chi connectivity index (χ2n) is 9.46. The molecule has 0 amide bonds. The predicted octanol–water partition coefficient (Wildman–Crippen LogP) is 10.2. The average Bonchev–Trinajstić information content (AvgIpc) is 3.46. The largest absolute Gasteiger partial charge is 0.455 e. The molecule has 2 heteroatoms. The van der Waals surface area contributed by atoms with Gasteiger partial charge in [0.15, 0.2) is 0 Å². The summed E-state index contributed by atoms with van der Waals surface area (Å²) in [5.41, 5.74) is 5.58. The smallest absolute Gasteiger partial charge is 0.143 e. The fourth-order valence-corrected chi connectivity index (χ4v) is 6.78. The number of rotatable bonds is 1. The van der Waals surface area contributed by atoms with Crippen LogP contribution in [-0.2, 0) is 0 Å². The van der Waals surface area contributed by atoms with Crippen molar-refractivity contribution in [2.24, 2.45) is 0 Å². The molecule has 8 aromatic rings. The molecule has 0 fully saturated rings. The third kappa shape index (κ3) is 2.75. The van der Waals surface area contributed by atoms with Gasteiger partial charge in [0, 0.05) is 41.7 Å². The first-order valence-electron chi connectivity index (χ1n) is 11.9. The highest BCUT2D eigenvalue weighted by Gasteiger charge is 2.15. The second kappa shape index (κ2) is 6.94. The Labute approximate surface area is 205 Å². The second-order valence-corrected chi connectivity index (χ2v) is 10.5. The molecular formula is C33H20OS. The van der Waals surface area contributed by atoms with Crippen LogP contribution < -0.4 is 0 Å². The SMILES string of the molecule is Cc1ccc2cc(-c3ccc4c(c3)oc3c4ccc4c3ccc3c5ccccc5sc34)ccc2c1. The third-order valence-corrected chi connectivity index (χ3v) is 8.52. The quantitative estimate of drug-likeness (QED) is 0.235. The minimum absolute atomic E-state index is 0.936. The summed E-state index contributed by atoms with van der Waals surface area (Å²) in [6.45, 7) is 2.14. The molecule has 164 valence electrons. The van der Waals surface area contributed by atoms with Crippen molar-refractivity contribution >= 4 is 75.0 Å². The molecule has 2 aromatic heterocycles. The number of furan rings is 1. The van der Waals surface area contributed by atoms with E-state index in [-0.39, 0.29) is 0 Å². The van der Waals surface area contributed by atoms with Crippen LogP contribution in [0.3, 0.4) is 0 Å². The lowest BCUT2D eigenvalue weighted by atomic mass is 9.99. The van der Waals surface area contributed by atoms with E-state index in [2.05, 4.69) is 110 Å². The molecular weight excluding hydrogens is 444 g/mol. The molecule has 35 heavy (non-hydrogen) atoms. The van der Waals surface area contributed by atoms with Gasteiger partial charge >= 0.3 is 0 Å². The lowest BCUT2D eigenvalue weighted by Crippen LogP contribution is -1.80. The van der Waals surface area contributed by atoms with E-state index in [4.69, 9.17) is 4.42 Å². The number of benzene rings is 6. The summed E-state index contributed by atoms with van der Waals surface area (Å²) in [7, 11) is 0. The highest BCUT2D eigenvalue weighted by Crippen LogP contribution is 2.42. The van der Waals surface area contributed by atoms with Crippen LogP contribution in [0.5, 0.6) is 0 Å². The van der Waals surface area contributed by atoms with Crippen molar-refractivity contribution < 1.29 is 4.42 Å². The van der Waals surface area contributed by atoms with Crippen LogP contribution in [0.4, 0.5) is 0 Å². The first-order valence-corrected chi connectivity index (χ1v) is 12.7. The molecule has 2 heterocycles. The molecule has 0 aliphatic heterocycles. The van der Waals surface area contributed by atoms with E-state index in [0.717, 1.165) is 11.2 Å². The van der Waals surface area contributed by atoms with Crippen LogP contribution in [0.1, 0.15) is 5.56 Å². The maximum atomic E-state index is 6.56. The number of fused-ring (bicyclic) bond motifs is 10. The number of thiophene rings is 1. The van der Waals surface area contributed by atoms with Crippen LogP contribution >= 0.6 is 11.3 Å². The summed E-state index contributed by atoms with van der Waals surface area (Å²) in [5.74, 6) is 0. The summed E-state index contributed by atoms with van der Waals surface area (Å²) in [5, 5.41) is 9.97. The molecule has 8 rings (SSSR count). The predicted molar refractivity (Wildman–Crippen MR) is 152 cm³/mol. The van der Waals surface area contributed by atoms with Gasteiger partial charge in [-0.3, -0.25) is 0 Å². The maximum absolute atomic E-state index is 6.56. The Hall–Kier alpha value is -4.14. The first-order chi connectivity index (χ1) is 17.2. The summed E-state index contributed by atoms with van der Waals surface area (Å²) >= 11 is 1.87. The molecule has 0 saturated carbocycles. The Bertz CT molecular complexity index is 2120. The Morgan fingerprint density at radius 2 is 1.20 bits per heavy atom. The van der Waals surface area contributed by atoms with Crippen LogP contribution in [0.2, 0.25) is 0 Å². The van der Waals surface area contributed by atoms with E-state index in [1.807, 2.05) is 11.3 Å². The Morgan fingerprint density at radius 3 is 2.11 bits per heavy atom. The molecule has 0 spiro atoms. The van der Waals surface area contributed by atoms with Crippen molar-refractivity contribution in [3.8, 4) is 11.1 Å². The third-order valence-electron chi connectivity index (χ3n) is 7.30. The monoisotopic (exact) mass is 464 g/mol. The van der Waals surface area contributed by atoms with Crippen molar-refractivity contribution in [3.05, 3.63) is 109 Å². The lowest BCUT2D eigenvalue weighted by Gasteiger charge is -2.05. The summed E-state index contributed by atoms with van der Waals surface area (Å²) in [6.07, 6.45) is 0. The van der Waals surface area contributed by atoms with Gasteiger partial charge < -0.3 is 4.42 Å². The topological polar surface area (TPSA) is 13.1 Å².